The van der Waals surface area contributed by atoms with Crippen molar-refractivity contribution in [2.24, 2.45) is 0 Å². The van der Waals surface area contributed by atoms with Crippen LogP contribution in [0, 0.1) is 0 Å². The second kappa shape index (κ2) is 7.16. The first-order chi connectivity index (χ1) is 12.7. The van der Waals surface area contributed by atoms with Crippen LogP contribution in [0.4, 0.5) is 0 Å². The number of carbonyl (C=O) groups is 2. The van der Waals surface area contributed by atoms with Crippen LogP contribution in [0.2, 0.25) is 0 Å². The fraction of sp³-hybridized carbons (Fsp3) is 0.263. The van der Waals surface area contributed by atoms with E-state index in [-0.39, 0.29) is 35.2 Å². The number of hydrogen-bond donors (Lipinski definition) is 3. The predicted molar refractivity (Wildman–Crippen MR) is 91.9 cm³/mol. The summed E-state index contributed by atoms with van der Waals surface area (Å²) >= 11 is 0. The number of aliphatic hydroxyl groups is 1. The van der Waals surface area contributed by atoms with Crippen LogP contribution in [-0.4, -0.2) is 33.4 Å². The summed E-state index contributed by atoms with van der Waals surface area (Å²) in [7, 11) is 0. The van der Waals surface area contributed by atoms with Gasteiger partial charge in [-0.15, -0.1) is 0 Å². The average Bonchev–Trinajstić information content (AvgIpc) is 2.56. The van der Waals surface area contributed by atoms with Gasteiger partial charge in [0, 0.05) is 38.0 Å². The van der Waals surface area contributed by atoms with E-state index in [1.807, 2.05) is 0 Å². The van der Waals surface area contributed by atoms with E-state index in [2.05, 4.69) is 0 Å². The molecule has 3 N–H and O–H groups in total. The number of aliphatic hydroxyl groups excluding tert-OH is 1. The fourth-order valence-corrected chi connectivity index (χ4v) is 2.92. The van der Waals surface area contributed by atoms with E-state index in [1.165, 1.54) is 38.1 Å². The molecule has 0 saturated heterocycles. The maximum Gasteiger partial charge on any atom is 0.308 e. The number of phenols is 2. The van der Waals surface area contributed by atoms with Gasteiger partial charge in [0.1, 0.15) is 23.4 Å². The Hall–Kier alpha value is -3.26. The van der Waals surface area contributed by atoms with Crippen molar-refractivity contribution in [3.8, 4) is 28.7 Å². The van der Waals surface area contributed by atoms with E-state index >= 15 is 0 Å². The Morgan fingerprint density at radius 3 is 2.37 bits per heavy atom. The van der Waals surface area contributed by atoms with Gasteiger partial charge in [0.25, 0.3) is 0 Å². The fourth-order valence-electron chi connectivity index (χ4n) is 2.92. The maximum absolute atomic E-state index is 11.3. The Balaban J connectivity index is 1.97. The lowest BCUT2D eigenvalue weighted by atomic mass is 9.94. The Morgan fingerprint density at radius 2 is 1.70 bits per heavy atom. The van der Waals surface area contributed by atoms with Gasteiger partial charge in [-0.2, -0.15) is 0 Å². The van der Waals surface area contributed by atoms with Crippen molar-refractivity contribution >= 4 is 11.9 Å². The van der Waals surface area contributed by atoms with Crippen molar-refractivity contribution in [2.45, 2.75) is 32.5 Å². The van der Waals surface area contributed by atoms with E-state index < -0.39 is 24.1 Å². The molecule has 0 aliphatic carbocycles. The van der Waals surface area contributed by atoms with Gasteiger partial charge in [0.05, 0.1) is 6.10 Å². The predicted octanol–water partition coefficient (Wildman–Crippen LogP) is 1.99. The first-order valence-electron chi connectivity index (χ1n) is 8.15. The second-order valence-corrected chi connectivity index (χ2v) is 6.14. The topological polar surface area (TPSA) is 123 Å². The van der Waals surface area contributed by atoms with Crippen molar-refractivity contribution in [3.05, 3.63) is 41.5 Å². The van der Waals surface area contributed by atoms with Gasteiger partial charge in [-0.05, 0) is 17.7 Å². The summed E-state index contributed by atoms with van der Waals surface area (Å²) in [5.74, 6) is -1.23. The minimum absolute atomic E-state index is 0.00977. The average molecular weight is 374 g/mol. The van der Waals surface area contributed by atoms with E-state index in [1.54, 1.807) is 6.07 Å². The minimum Gasteiger partial charge on any atom is -0.508 e. The number of fused-ring (bicyclic) bond motifs is 1. The Kier molecular flexibility index (Phi) is 4.91. The molecule has 8 heteroatoms. The standard InChI is InChI=1S/C19H18O8/c1-9(20)25-16-4-3-11(5-18(16)26-10(2)21)19-15(24)8-13-14(23)6-12(22)7-17(13)27-19/h3-7,15,19,22-24H,8H2,1-2H3/t15-,19-/m1/s1. The normalized spacial score (nSPS) is 18.2. The Morgan fingerprint density at radius 1 is 1.04 bits per heavy atom. The molecule has 1 aliphatic heterocycles. The van der Waals surface area contributed by atoms with Crippen molar-refractivity contribution in [1.29, 1.82) is 0 Å². The first-order valence-corrected chi connectivity index (χ1v) is 8.15. The Bertz CT molecular complexity index is 905. The molecule has 0 fully saturated rings. The number of esters is 2. The molecule has 1 heterocycles. The number of hydrogen-bond acceptors (Lipinski definition) is 8. The van der Waals surface area contributed by atoms with E-state index in [0.717, 1.165) is 0 Å². The molecule has 2 aromatic rings. The van der Waals surface area contributed by atoms with Gasteiger partial charge in [0.15, 0.2) is 11.5 Å². The number of phenolic OH excluding ortho intramolecular Hbond substituents is 2. The highest BCUT2D eigenvalue weighted by Gasteiger charge is 2.32. The number of benzene rings is 2. The molecule has 1 aliphatic rings. The minimum atomic E-state index is -1.00. The van der Waals surface area contributed by atoms with Crippen molar-refractivity contribution in [1.82, 2.24) is 0 Å². The van der Waals surface area contributed by atoms with Gasteiger partial charge in [0.2, 0.25) is 0 Å². The largest absolute Gasteiger partial charge is 0.508 e. The lowest BCUT2D eigenvalue weighted by molar-refractivity contribution is -0.134. The highest BCUT2D eigenvalue weighted by molar-refractivity contribution is 5.73. The van der Waals surface area contributed by atoms with Crippen molar-refractivity contribution in [2.75, 3.05) is 0 Å². The van der Waals surface area contributed by atoms with Gasteiger partial charge >= 0.3 is 11.9 Å². The van der Waals surface area contributed by atoms with Gasteiger partial charge < -0.3 is 29.5 Å². The zero-order chi connectivity index (χ0) is 19.7. The smallest absolute Gasteiger partial charge is 0.308 e. The molecule has 0 unspecified atom stereocenters. The van der Waals surface area contributed by atoms with Crippen LogP contribution in [0.15, 0.2) is 30.3 Å². The summed E-state index contributed by atoms with van der Waals surface area (Å²) in [5.41, 5.74) is 0.844. The number of ether oxygens (including phenoxy) is 3. The van der Waals surface area contributed by atoms with Gasteiger partial charge in [-0.3, -0.25) is 9.59 Å². The van der Waals surface area contributed by atoms with Crippen LogP contribution in [0.25, 0.3) is 0 Å². The van der Waals surface area contributed by atoms with Crippen LogP contribution in [0.5, 0.6) is 28.7 Å². The first kappa shape index (κ1) is 18.5. The number of rotatable bonds is 3. The summed E-state index contributed by atoms with van der Waals surface area (Å²) in [5, 5.41) is 30.0. The third-order valence-corrected chi connectivity index (χ3v) is 3.99. The lowest BCUT2D eigenvalue weighted by Gasteiger charge is -2.31. The van der Waals surface area contributed by atoms with Crippen molar-refractivity contribution < 1.29 is 39.1 Å². The maximum atomic E-state index is 11.3. The molecule has 2 atom stereocenters. The summed E-state index contributed by atoms with van der Waals surface area (Å²) < 4.78 is 15.9. The van der Waals surface area contributed by atoms with Crippen LogP contribution >= 0.6 is 0 Å². The molecule has 0 spiro atoms. The van der Waals surface area contributed by atoms with E-state index in [0.29, 0.717) is 11.1 Å². The van der Waals surface area contributed by atoms with Crippen LogP contribution in [0.3, 0.4) is 0 Å². The molecule has 2 aromatic carbocycles. The van der Waals surface area contributed by atoms with Crippen LogP contribution < -0.4 is 14.2 Å². The second-order valence-electron chi connectivity index (χ2n) is 6.14. The summed E-state index contributed by atoms with van der Waals surface area (Å²) in [6.45, 7) is 2.42. The zero-order valence-corrected chi connectivity index (χ0v) is 14.6. The molecule has 0 radical (unpaired) electrons. The third kappa shape index (κ3) is 3.95. The molecule has 0 saturated carbocycles. The molecule has 142 valence electrons. The number of carbonyl (C=O) groups excluding carboxylic acids is 2. The third-order valence-electron chi connectivity index (χ3n) is 3.99. The summed E-state index contributed by atoms with van der Waals surface area (Å²) in [4.78, 5) is 22.6. The molecular weight excluding hydrogens is 356 g/mol. The van der Waals surface area contributed by atoms with Crippen LogP contribution in [0.1, 0.15) is 31.1 Å². The van der Waals surface area contributed by atoms with E-state index in [4.69, 9.17) is 14.2 Å². The quantitative estimate of drug-likeness (QED) is 0.551. The molecule has 8 nitrogen and oxygen atoms in total. The monoisotopic (exact) mass is 374 g/mol. The molecule has 27 heavy (non-hydrogen) atoms. The van der Waals surface area contributed by atoms with Gasteiger partial charge in [-0.25, -0.2) is 0 Å². The lowest BCUT2D eigenvalue weighted by Crippen LogP contribution is -2.30. The van der Waals surface area contributed by atoms with Crippen LogP contribution in [-0.2, 0) is 16.0 Å². The molecule has 0 amide bonds. The summed E-state index contributed by atoms with van der Waals surface area (Å²) in [6, 6.07) is 6.94. The number of aromatic hydroxyl groups is 2. The van der Waals surface area contributed by atoms with Gasteiger partial charge in [-0.1, -0.05) is 6.07 Å². The molecule has 3 rings (SSSR count). The van der Waals surface area contributed by atoms with E-state index in [9.17, 15) is 24.9 Å². The SMILES string of the molecule is CC(=O)Oc1ccc([C@H]2Oc3cc(O)cc(O)c3C[C@H]2O)cc1OC(C)=O. The molecule has 0 aromatic heterocycles. The zero-order valence-electron chi connectivity index (χ0n) is 14.6. The molecular formula is C19H18O8. The van der Waals surface area contributed by atoms with Crippen molar-refractivity contribution in [3.63, 3.8) is 0 Å². The molecule has 0 bridgehead atoms. The Labute approximate surface area is 154 Å². The summed E-state index contributed by atoms with van der Waals surface area (Å²) in [6.07, 6.45) is -1.75. The highest BCUT2D eigenvalue weighted by atomic mass is 16.6. The highest BCUT2D eigenvalue weighted by Crippen LogP contribution is 2.43.